The van der Waals surface area contributed by atoms with Crippen molar-refractivity contribution in [3.8, 4) is 0 Å². The number of nitrogens with zero attached hydrogens (tertiary/aromatic N) is 2. The molecule has 2 aromatic rings. The second kappa shape index (κ2) is 5.66. The van der Waals surface area contributed by atoms with Gasteiger partial charge in [0.2, 0.25) is 0 Å². The zero-order chi connectivity index (χ0) is 14.7. The number of hydrogen-bond acceptors (Lipinski definition) is 4. The van der Waals surface area contributed by atoms with Crippen LogP contribution in [0.4, 0.5) is 11.5 Å². The summed E-state index contributed by atoms with van der Waals surface area (Å²) in [6.07, 6.45) is 1.54. The van der Waals surface area contributed by atoms with Gasteiger partial charge in [-0.15, -0.1) is 0 Å². The Balaban J connectivity index is 2.32. The highest BCUT2D eigenvalue weighted by molar-refractivity contribution is 6.31. The van der Waals surface area contributed by atoms with Gasteiger partial charge in [-0.3, -0.25) is 14.9 Å². The fourth-order valence-corrected chi connectivity index (χ4v) is 1.80. The Morgan fingerprint density at radius 2 is 2.10 bits per heavy atom. The highest BCUT2D eigenvalue weighted by atomic mass is 35.5. The first-order chi connectivity index (χ1) is 9.47. The number of carbonyl (C=O) groups excluding carboxylic acids is 1. The zero-order valence-corrected chi connectivity index (χ0v) is 11.2. The predicted octanol–water partition coefficient (Wildman–Crippen LogP) is 3.20. The molecule has 0 fully saturated rings. The first-order valence-corrected chi connectivity index (χ1v) is 6.03. The SMILES string of the molecule is Cc1ccnc(NC(=O)c2ccc(Cl)cc2[N+](=O)[O-])c1. The molecule has 102 valence electrons. The number of rotatable bonds is 3. The molecule has 0 unspecified atom stereocenters. The maximum Gasteiger partial charge on any atom is 0.283 e. The maximum absolute atomic E-state index is 12.1. The van der Waals surface area contributed by atoms with E-state index in [1.807, 2.05) is 6.92 Å². The molecular weight excluding hydrogens is 282 g/mol. The third kappa shape index (κ3) is 3.10. The molecule has 6 nitrogen and oxygen atoms in total. The number of hydrogen-bond donors (Lipinski definition) is 1. The van der Waals surface area contributed by atoms with Gasteiger partial charge in [-0.1, -0.05) is 11.6 Å². The van der Waals surface area contributed by atoms with Crippen LogP contribution in [0.1, 0.15) is 15.9 Å². The van der Waals surface area contributed by atoms with Crippen LogP contribution in [0.3, 0.4) is 0 Å². The van der Waals surface area contributed by atoms with Crippen LogP contribution < -0.4 is 5.32 Å². The number of carbonyl (C=O) groups is 1. The molecule has 0 aliphatic rings. The van der Waals surface area contributed by atoms with Crippen molar-refractivity contribution in [3.63, 3.8) is 0 Å². The summed E-state index contributed by atoms with van der Waals surface area (Å²) in [4.78, 5) is 26.3. The Morgan fingerprint density at radius 3 is 2.75 bits per heavy atom. The van der Waals surface area contributed by atoms with Crippen molar-refractivity contribution in [2.45, 2.75) is 6.92 Å². The van der Waals surface area contributed by atoms with Gasteiger partial charge < -0.3 is 5.32 Å². The quantitative estimate of drug-likeness (QED) is 0.695. The van der Waals surface area contributed by atoms with Gasteiger partial charge >= 0.3 is 0 Å². The van der Waals surface area contributed by atoms with Crippen molar-refractivity contribution < 1.29 is 9.72 Å². The van der Waals surface area contributed by atoms with E-state index in [4.69, 9.17) is 11.6 Å². The number of nitro benzene ring substituents is 1. The summed E-state index contributed by atoms with van der Waals surface area (Å²) in [5.41, 5.74) is 0.506. The molecule has 1 amide bonds. The Morgan fingerprint density at radius 1 is 1.35 bits per heavy atom. The van der Waals surface area contributed by atoms with E-state index in [2.05, 4.69) is 10.3 Å². The standard InChI is InChI=1S/C13H10ClN3O3/c1-8-4-5-15-12(6-8)16-13(18)10-3-2-9(14)7-11(10)17(19)20/h2-7H,1H3,(H,15,16,18). The van der Waals surface area contributed by atoms with E-state index in [0.717, 1.165) is 11.6 Å². The lowest BCUT2D eigenvalue weighted by Crippen LogP contribution is -2.14. The van der Waals surface area contributed by atoms with Crippen LogP contribution >= 0.6 is 11.6 Å². The molecule has 0 aliphatic carbocycles. The van der Waals surface area contributed by atoms with Crippen molar-refractivity contribution >= 4 is 29.0 Å². The van der Waals surface area contributed by atoms with Gasteiger partial charge in [0, 0.05) is 17.3 Å². The molecule has 7 heteroatoms. The lowest BCUT2D eigenvalue weighted by molar-refractivity contribution is -0.385. The summed E-state index contributed by atoms with van der Waals surface area (Å²) < 4.78 is 0. The molecule has 20 heavy (non-hydrogen) atoms. The Hall–Kier alpha value is -2.47. The van der Waals surface area contributed by atoms with Crippen LogP contribution in [0, 0.1) is 17.0 Å². The van der Waals surface area contributed by atoms with Gasteiger partial charge in [0.05, 0.1) is 4.92 Å². The molecule has 0 saturated carbocycles. The molecule has 0 saturated heterocycles. The van der Waals surface area contributed by atoms with E-state index >= 15 is 0 Å². The highest BCUT2D eigenvalue weighted by Gasteiger charge is 2.20. The highest BCUT2D eigenvalue weighted by Crippen LogP contribution is 2.24. The average Bonchev–Trinajstić information content (AvgIpc) is 2.38. The number of aromatic nitrogens is 1. The molecule has 0 aliphatic heterocycles. The molecule has 1 N–H and O–H groups in total. The van der Waals surface area contributed by atoms with Gasteiger partial charge in [-0.25, -0.2) is 4.98 Å². The average molecular weight is 292 g/mol. The molecule has 1 aromatic heterocycles. The van der Waals surface area contributed by atoms with Crippen molar-refractivity contribution in [1.82, 2.24) is 4.98 Å². The number of benzene rings is 1. The van der Waals surface area contributed by atoms with E-state index in [-0.39, 0.29) is 16.3 Å². The second-order valence-corrected chi connectivity index (χ2v) is 4.53. The van der Waals surface area contributed by atoms with Crippen molar-refractivity contribution in [1.29, 1.82) is 0 Å². The van der Waals surface area contributed by atoms with Crippen LogP contribution in [-0.4, -0.2) is 15.8 Å². The van der Waals surface area contributed by atoms with Crippen LogP contribution in [0.25, 0.3) is 0 Å². The Kier molecular flexibility index (Phi) is 3.95. The number of halogens is 1. The predicted molar refractivity (Wildman–Crippen MR) is 75.0 cm³/mol. The molecule has 1 aromatic carbocycles. The lowest BCUT2D eigenvalue weighted by atomic mass is 10.1. The van der Waals surface area contributed by atoms with Crippen molar-refractivity contribution in [2.24, 2.45) is 0 Å². The third-order valence-electron chi connectivity index (χ3n) is 2.56. The summed E-state index contributed by atoms with van der Waals surface area (Å²) in [6.45, 7) is 1.85. The molecule has 2 rings (SSSR count). The minimum Gasteiger partial charge on any atom is -0.306 e. The van der Waals surface area contributed by atoms with Crippen molar-refractivity contribution in [2.75, 3.05) is 5.32 Å². The summed E-state index contributed by atoms with van der Waals surface area (Å²) in [7, 11) is 0. The molecule has 1 heterocycles. The van der Waals surface area contributed by atoms with E-state index in [1.165, 1.54) is 12.1 Å². The van der Waals surface area contributed by atoms with Gasteiger partial charge in [-0.05, 0) is 36.8 Å². The number of nitrogens with one attached hydrogen (secondary N) is 1. The summed E-state index contributed by atoms with van der Waals surface area (Å²) in [5.74, 6) is -0.272. The smallest absolute Gasteiger partial charge is 0.283 e. The topological polar surface area (TPSA) is 85.1 Å². The molecular formula is C13H10ClN3O3. The van der Waals surface area contributed by atoms with Gasteiger partial charge in [0.15, 0.2) is 0 Å². The maximum atomic E-state index is 12.1. The fraction of sp³-hybridized carbons (Fsp3) is 0.0769. The van der Waals surface area contributed by atoms with E-state index in [9.17, 15) is 14.9 Å². The number of aryl methyl sites for hydroxylation is 1. The summed E-state index contributed by atoms with van der Waals surface area (Å²) in [6, 6.07) is 7.32. The lowest BCUT2D eigenvalue weighted by Gasteiger charge is -2.06. The van der Waals surface area contributed by atoms with Crippen LogP contribution in [0.5, 0.6) is 0 Å². The van der Waals surface area contributed by atoms with Crippen LogP contribution in [0.15, 0.2) is 36.5 Å². The number of anilines is 1. The molecule has 0 radical (unpaired) electrons. The third-order valence-corrected chi connectivity index (χ3v) is 2.79. The van der Waals surface area contributed by atoms with Crippen molar-refractivity contribution in [3.05, 3.63) is 62.8 Å². The number of amides is 1. The zero-order valence-electron chi connectivity index (χ0n) is 10.5. The summed E-state index contributed by atoms with van der Waals surface area (Å²) >= 11 is 5.70. The fourth-order valence-electron chi connectivity index (χ4n) is 1.64. The van der Waals surface area contributed by atoms with Gasteiger partial charge in [0.25, 0.3) is 11.6 Å². The first-order valence-electron chi connectivity index (χ1n) is 5.65. The van der Waals surface area contributed by atoms with Gasteiger partial charge in [-0.2, -0.15) is 0 Å². The second-order valence-electron chi connectivity index (χ2n) is 4.09. The van der Waals surface area contributed by atoms with E-state index in [1.54, 1.807) is 18.3 Å². The van der Waals surface area contributed by atoms with Crippen LogP contribution in [0.2, 0.25) is 5.02 Å². The van der Waals surface area contributed by atoms with E-state index < -0.39 is 10.8 Å². The number of pyridine rings is 1. The molecule has 0 atom stereocenters. The minimum atomic E-state index is -0.648. The molecule has 0 spiro atoms. The van der Waals surface area contributed by atoms with Gasteiger partial charge in [0.1, 0.15) is 11.4 Å². The van der Waals surface area contributed by atoms with Crippen LogP contribution in [-0.2, 0) is 0 Å². The molecule has 0 bridgehead atoms. The Bertz CT molecular complexity index is 688. The first kappa shape index (κ1) is 14.0. The number of nitro groups is 1. The largest absolute Gasteiger partial charge is 0.306 e. The van der Waals surface area contributed by atoms with E-state index in [0.29, 0.717) is 5.82 Å². The monoisotopic (exact) mass is 291 g/mol. The Labute approximate surface area is 119 Å². The minimum absolute atomic E-state index is 0.0669. The summed E-state index contributed by atoms with van der Waals surface area (Å²) in [5, 5.41) is 13.6. The normalized spacial score (nSPS) is 10.1.